The van der Waals surface area contributed by atoms with E-state index in [2.05, 4.69) is 0 Å². The summed E-state index contributed by atoms with van der Waals surface area (Å²) in [5.74, 6) is -0.640. The van der Waals surface area contributed by atoms with Crippen LogP contribution in [0.25, 0.3) is 10.9 Å². The molecule has 13 heavy (non-hydrogen) atoms. The lowest BCUT2D eigenvalue weighted by molar-refractivity contribution is 0.0984. The highest BCUT2D eigenvalue weighted by Gasteiger charge is 2.09. The first-order valence-electron chi connectivity index (χ1n) is 4.00. The maximum atomic E-state index is 10.9. The molecule has 0 aliphatic heterocycles. The molecule has 1 aromatic carbocycles. The minimum Gasteiger partial charge on any atom is -0.340 e. The molecule has 1 N–H and O–H groups in total. The second-order valence-electron chi connectivity index (χ2n) is 2.98. The number of carbonyl (C=O) groups excluding carboxylic acids is 1. The number of rotatable bonds is 1. The van der Waals surface area contributed by atoms with Crippen molar-refractivity contribution in [2.75, 3.05) is 0 Å². The molecule has 0 fully saturated rings. The Morgan fingerprint density at radius 3 is 2.69 bits per heavy atom. The zero-order chi connectivity index (χ0) is 9.42. The summed E-state index contributed by atoms with van der Waals surface area (Å²) < 4.78 is 1.74. The van der Waals surface area contributed by atoms with E-state index in [1.807, 2.05) is 24.3 Å². The van der Waals surface area contributed by atoms with E-state index in [4.69, 9.17) is 5.73 Å². The fourth-order valence-electron chi connectivity index (χ4n) is 1.51. The average Bonchev–Trinajstić information content (AvgIpc) is 2.45. The van der Waals surface area contributed by atoms with E-state index in [-0.39, 0.29) is 0 Å². The summed E-state index contributed by atoms with van der Waals surface area (Å²) in [7, 11) is 1.80. The lowest BCUT2D eigenvalue weighted by Crippen LogP contribution is -2.05. The summed E-state index contributed by atoms with van der Waals surface area (Å²) in [6.45, 7) is 0. The number of nitrogens with one attached hydrogen (secondary N) is 1. The van der Waals surface area contributed by atoms with Gasteiger partial charge in [0.1, 0.15) is 5.69 Å². The maximum absolute atomic E-state index is 10.9. The first kappa shape index (κ1) is 7.86. The Morgan fingerprint density at radius 2 is 2.08 bits per heavy atom. The molecule has 1 heterocycles. The van der Waals surface area contributed by atoms with Crippen LogP contribution in [0.2, 0.25) is 0 Å². The monoisotopic (exact) mass is 173 g/mol. The first-order chi connectivity index (χ1) is 6.20. The molecule has 0 atom stereocenters. The van der Waals surface area contributed by atoms with Crippen LogP contribution in [-0.4, -0.2) is 10.5 Å². The zero-order valence-electron chi connectivity index (χ0n) is 7.24. The Morgan fingerprint density at radius 1 is 1.38 bits per heavy atom. The van der Waals surface area contributed by atoms with Crippen LogP contribution in [0.15, 0.2) is 30.3 Å². The molecule has 1 aromatic heterocycles. The molecule has 1 amide bonds. The number of aryl methyl sites for hydroxylation is 1. The normalized spacial score (nSPS) is 10.5. The van der Waals surface area contributed by atoms with Crippen LogP contribution in [0.3, 0.4) is 0 Å². The summed E-state index contributed by atoms with van der Waals surface area (Å²) in [4.78, 5) is 10.9. The van der Waals surface area contributed by atoms with Crippen molar-refractivity contribution < 1.29 is 4.79 Å². The minimum absolute atomic E-state index is 0.432. The van der Waals surface area contributed by atoms with Gasteiger partial charge in [-0.3, -0.25) is 10.5 Å². The van der Waals surface area contributed by atoms with Crippen LogP contribution in [0.5, 0.6) is 0 Å². The Bertz CT molecular complexity index is 471. The van der Waals surface area contributed by atoms with E-state index in [1.54, 1.807) is 17.7 Å². The minimum atomic E-state index is -0.640. The Labute approximate surface area is 75.8 Å². The van der Waals surface area contributed by atoms with Crippen molar-refractivity contribution in [3.8, 4) is 0 Å². The van der Waals surface area contributed by atoms with E-state index >= 15 is 0 Å². The topological polar surface area (TPSA) is 45.8 Å². The molecular formula is C10H9N2O. The van der Waals surface area contributed by atoms with Crippen LogP contribution in [0.1, 0.15) is 10.5 Å². The van der Waals surface area contributed by atoms with E-state index in [0.29, 0.717) is 5.69 Å². The number of aromatic nitrogens is 1. The third kappa shape index (κ3) is 1.09. The molecule has 2 rings (SSSR count). The highest BCUT2D eigenvalue weighted by atomic mass is 16.1. The highest BCUT2D eigenvalue weighted by Crippen LogP contribution is 2.17. The zero-order valence-corrected chi connectivity index (χ0v) is 7.24. The Kier molecular flexibility index (Phi) is 1.59. The van der Waals surface area contributed by atoms with E-state index < -0.39 is 5.91 Å². The largest absolute Gasteiger partial charge is 0.340 e. The molecule has 0 unspecified atom stereocenters. The molecule has 65 valence electrons. The quantitative estimate of drug-likeness (QED) is 0.646. The van der Waals surface area contributed by atoms with Gasteiger partial charge in [-0.2, -0.15) is 0 Å². The summed E-state index contributed by atoms with van der Waals surface area (Å²) in [5, 5.41) is 1.00. The summed E-state index contributed by atoms with van der Waals surface area (Å²) in [6, 6.07) is 9.44. The number of fused-ring (bicyclic) bond motifs is 1. The molecule has 0 aliphatic rings. The molecule has 3 nitrogen and oxygen atoms in total. The van der Waals surface area contributed by atoms with Gasteiger partial charge in [-0.25, -0.2) is 0 Å². The molecule has 2 aromatic rings. The molecule has 1 radical (unpaired) electrons. The van der Waals surface area contributed by atoms with Crippen molar-refractivity contribution >= 4 is 16.8 Å². The fourth-order valence-corrected chi connectivity index (χ4v) is 1.51. The van der Waals surface area contributed by atoms with Crippen molar-refractivity contribution in [1.29, 1.82) is 0 Å². The van der Waals surface area contributed by atoms with Crippen LogP contribution in [0, 0.1) is 0 Å². The third-order valence-corrected chi connectivity index (χ3v) is 2.18. The number of benzene rings is 1. The number of para-hydroxylation sites is 1. The molecule has 3 heteroatoms. The van der Waals surface area contributed by atoms with Gasteiger partial charge in [0.25, 0.3) is 5.91 Å². The number of hydrogen-bond acceptors (Lipinski definition) is 1. The van der Waals surface area contributed by atoms with Crippen molar-refractivity contribution in [2.24, 2.45) is 7.05 Å². The number of hydrogen-bond donors (Lipinski definition) is 0. The summed E-state index contributed by atoms with van der Waals surface area (Å²) in [6.07, 6.45) is 0. The second kappa shape index (κ2) is 2.62. The van der Waals surface area contributed by atoms with Gasteiger partial charge < -0.3 is 4.57 Å². The smallest absolute Gasteiger partial charge is 0.286 e. The van der Waals surface area contributed by atoms with Crippen molar-refractivity contribution in [3.63, 3.8) is 0 Å². The van der Waals surface area contributed by atoms with E-state index in [9.17, 15) is 4.79 Å². The van der Waals surface area contributed by atoms with E-state index in [1.165, 1.54) is 0 Å². The van der Waals surface area contributed by atoms with Gasteiger partial charge in [-0.15, -0.1) is 0 Å². The van der Waals surface area contributed by atoms with Crippen molar-refractivity contribution in [2.45, 2.75) is 0 Å². The second-order valence-corrected chi connectivity index (χ2v) is 2.98. The van der Waals surface area contributed by atoms with Crippen molar-refractivity contribution in [3.05, 3.63) is 36.0 Å². The van der Waals surface area contributed by atoms with Gasteiger partial charge in [-0.05, 0) is 12.1 Å². The lowest BCUT2D eigenvalue weighted by atomic mass is 10.2. The van der Waals surface area contributed by atoms with E-state index in [0.717, 1.165) is 10.9 Å². The van der Waals surface area contributed by atoms with Crippen LogP contribution >= 0.6 is 0 Å². The van der Waals surface area contributed by atoms with Crippen LogP contribution in [0.4, 0.5) is 0 Å². The Hall–Kier alpha value is -1.77. The maximum Gasteiger partial charge on any atom is 0.286 e. The van der Waals surface area contributed by atoms with Gasteiger partial charge in [-0.1, -0.05) is 18.2 Å². The summed E-state index contributed by atoms with van der Waals surface area (Å²) >= 11 is 0. The van der Waals surface area contributed by atoms with Crippen LogP contribution in [-0.2, 0) is 7.05 Å². The molecule has 0 saturated carbocycles. The van der Waals surface area contributed by atoms with Gasteiger partial charge in [0.2, 0.25) is 0 Å². The summed E-state index contributed by atoms with van der Waals surface area (Å²) in [5.41, 5.74) is 8.45. The fraction of sp³-hybridized carbons (Fsp3) is 0.100. The number of amides is 1. The number of carbonyl (C=O) groups is 1. The average molecular weight is 173 g/mol. The predicted octanol–water partition coefficient (Wildman–Crippen LogP) is 1.60. The number of nitrogens with zero attached hydrogens (tertiary/aromatic N) is 1. The van der Waals surface area contributed by atoms with Gasteiger partial charge in [0.05, 0.1) is 0 Å². The van der Waals surface area contributed by atoms with Crippen LogP contribution < -0.4 is 5.73 Å². The Balaban J connectivity index is 2.81. The molecule has 0 aliphatic carbocycles. The highest BCUT2D eigenvalue weighted by molar-refractivity contribution is 5.97. The lowest BCUT2D eigenvalue weighted by Gasteiger charge is -1.97. The van der Waals surface area contributed by atoms with Gasteiger partial charge >= 0.3 is 0 Å². The van der Waals surface area contributed by atoms with Crippen molar-refractivity contribution in [1.82, 2.24) is 10.3 Å². The van der Waals surface area contributed by atoms with Gasteiger partial charge in [0, 0.05) is 18.0 Å². The molecule has 0 saturated heterocycles. The van der Waals surface area contributed by atoms with Gasteiger partial charge in [0.15, 0.2) is 0 Å². The first-order valence-corrected chi connectivity index (χ1v) is 4.00. The molecule has 0 bridgehead atoms. The molecule has 0 spiro atoms. The standard InChI is InChI=1S/C10H9N2O/c1-12-8-5-3-2-4-7(8)6-9(12)10(11)13/h2-6,11H,1H3. The molecular weight excluding hydrogens is 164 g/mol. The third-order valence-electron chi connectivity index (χ3n) is 2.18. The SMILES string of the molecule is Cn1c(C([NH])=O)cc2ccccc21. The predicted molar refractivity (Wildman–Crippen MR) is 50.3 cm³/mol.